The fourth-order valence-electron chi connectivity index (χ4n) is 3.12. The van der Waals surface area contributed by atoms with E-state index >= 15 is 0 Å². The molecular weight excluding hydrogens is 226 g/mol. The maximum atomic E-state index is 12.0. The SMILES string of the molecule is CC(C#N)CNC(=O)C1CCC2CCCCC2N1. The van der Waals surface area contributed by atoms with E-state index < -0.39 is 0 Å². The maximum absolute atomic E-state index is 12.0. The first-order chi connectivity index (χ1) is 8.70. The van der Waals surface area contributed by atoms with Gasteiger partial charge in [-0.05, 0) is 38.5 Å². The Labute approximate surface area is 109 Å². The van der Waals surface area contributed by atoms with Crippen LogP contribution < -0.4 is 10.6 Å². The van der Waals surface area contributed by atoms with Gasteiger partial charge in [-0.3, -0.25) is 4.79 Å². The van der Waals surface area contributed by atoms with Crippen LogP contribution in [-0.2, 0) is 4.79 Å². The molecule has 2 aliphatic rings. The van der Waals surface area contributed by atoms with E-state index in [0.717, 1.165) is 12.3 Å². The van der Waals surface area contributed by atoms with Gasteiger partial charge in [0.1, 0.15) is 0 Å². The van der Waals surface area contributed by atoms with Crippen LogP contribution in [0.25, 0.3) is 0 Å². The first-order valence-corrected chi connectivity index (χ1v) is 7.14. The van der Waals surface area contributed by atoms with E-state index in [1.165, 1.54) is 32.1 Å². The lowest BCUT2D eigenvalue weighted by Crippen LogP contribution is -2.55. The number of rotatable bonds is 3. The standard InChI is InChI=1S/C14H23N3O/c1-10(8-15)9-16-14(18)13-7-6-11-4-2-3-5-12(11)17-13/h10-13,17H,2-7,9H2,1H3,(H,16,18). The number of piperidine rings is 1. The minimum Gasteiger partial charge on any atom is -0.353 e. The molecule has 18 heavy (non-hydrogen) atoms. The topological polar surface area (TPSA) is 64.9 Å². The molecule has 1 heterocycles. The third-order valence-electron chi connectivity index (χ3n) is 4.27. The van der Waals surface area contributed by atoms with Crippen LogP contribution in [-0.4, -0.2) is 24.5 Å². The van der Waals surface area contributed by atoms with Gasteiger partial charge in [0.25, 0.3) is 0 Å². The number of hydrogen-bond acceptors (Lipinski definition) is 3. The Morgan fingerprint density at radius 2 is 2.17 bits per heavy atom. The molecule has 0 aromatic rings. The molecule has 4 heteroatoms. The highest BCUT2D eigenvalue weighted by atomic mass is 16.2. The van der Waals surface area contributed by atoms with Crippen LogP contribution in [0, 0.1) is 23.2 Å². The summed E-state index contributed by atoms with van der Waals surface area (Å²) in [7, 11) is 0. The number of amides is 1. The van der Waals surface area contributed by atoms with Gasteiger partial charge in [-0.15, -0.1) is 0 Å². The molecule has 1 saturated carbocycles. The highest BCUT2D eigenvalue weighted by Gasteiger charge is 2.34. The fourth-order valence-corrected chi connectivity index (χ4v) is 3.12. The number of nitrogens with zero attached hydrogens (tertiary/aromatic N) is 1. The molecule has 1 aliphatic carbocycles. The van der Waals surface area contributed by atoms with E-state index in [1.807, 2.05) is 6.92 Å². The van der Waals surface area contributed by atoms with Crippen molar-refractivity contribution in [3.05, 3.63) is 0 Å². The molecule has 100 valence electrons. The number of nitriles is 1. The van der Waals surface area contributed by atoms with Crippen molar-refractivity contribution in [1.29, 1.82) is 5.26 Å². The van der Waals surface area contributed by atoms with Crippen molar-refractivity contribution in [2.24, 2.45) is 11.8 Å². The predicted molar refractivity (Wildman–Crippen MR) is 69.7 cm³/mol. The third kappa shape index (κ3) is 3.23. The summed E-state index contributed by atoms with van der Waals surface area (Å²) in [5.41, 5.74) is 0. The van der Waals surface area contributed by atoms with Crippen molar-refractivity contribution in [2.45, 2.75) is 57.5 Å². The molecule has 2 fully saturated rings. The van der Waals surface area contributed by atoms with Gasteiger partial charge >= 0.3 is 0 Å². The van der Waals surface area contributed by atoms with Gasteiger partial charge in [-0.25, -0.2) is 0 Å². The third-order valence-corrected chi connectivity index (χ3v) is 4.27. The molecular formula is C14H23N3O. The van der Waals surface area contributed by atoms with E-state index in [0.29, 0.717) is 12.6 Å². The zero-order chi connectivity index (χ0) is 13.0. The van der Waals surface area contributed by atoms with Gasteiger partial charge in [-0.2, -0.15) is 5.26 Å². The predicted octanol–water partition coefficient (Wildman–Crippen LogP) is 1.57. The zero-order valence-electron chi connectivity index (χ0n) is 11.1. The summed E-state index contributed by atoms with van der Waals surface area (Å²) >= 11 is 0. The van der Waals surface area contributed by atoms with Crippen LogP contribution in [0.4, 0.5) is 0 Å². The molecule has 2 rings (SSSR count). The summed E-state index contributed by atoms with van der Waals surface area (Å²) in [5, 5.41) is 15.1. The fraction of sp³-hybridized carbons (Fsp3) is 0.857. The van der Waals surface area contributed by atoms with Gasteiger partial charge in [-0.1, -0.05) is 12.8 Å². The minimum atomic E-state index is -0.111. The van der Waals surface area contributed by atoms with Gasteiger partial charge in [0.2, 0.25) is 5.91 Å². The smallest absolute Gasteiger partial charge is 0.237 e. The second-order valence-corrected chi connectivity index (χ2v) is 5.72. The first-order valence-electron chi connectivity index (χ1n) is 7.14. The number of hydrogen-bond donors (Lipinski definition) is 2. The Morgan fingerprint density at radius 1 is 1.39 bits per heavy atom. The van der Waals surface area contributed by atoms with Gasteiger partial charge in [0.15, 0.2) is 0 Å². The Balaban J connectivity index is 1.79. The van der Waals surface area contributed by atoms with E-state index in [1.54, 1.807) is 0 Å². The summed E-state index contributed by atoms with van der Waals surface area (Å²) < 4.78 is 0. The quantitative estimate of drug-likeness (QED) is 0.798. The largest absolute Gasteiger partial charge is 0.353 e. The highest BCUT2D eigenvalue weighted by molar-refractivity contribution is 5.81. The summed E-state index contributed by atoms with van der Waals surface area (Å²) in [6, 6.07) is 2.63. The van der Waals surface area contributed by atoms with Gasteiger partial charge < -0.3 is 10.6 Å². The molecule has 2 N–H and O–H groups in total. The summed E-state index contributed by atoms with van der Waals surface area (Å²) in [5.74, 6) is 0.738. The number of nitrogens with one attached hydrogen (secondary N) is 2. The summed E-state index contributed by atoms with van der Waals surface area (Å²) in [6.45, 7) is 2.29. The lowest BCUT2D eigenvalue weighted by Gasteiger charge is -2.39. The normalized spacial score (nSPS) is 33.0. The first kappa shape index (κ1) is 13.4. The molecule has 4 nitrogen and oxygen atoms in total. The molecule has 0 spiro atoms. The second-order valence-electron chi connectivity index (χ2n) is 5.72. The summed E-state index contributed by atoms with van der Waals surface area (Å²) in [4.78, 5) is 12.0. The molecule has 4 unspecified atom stereocenters. The average Bonchev–Trinajstić information content (AvgIpc) is 2.43. The van der Waals surface area contributed by atoms with Crippen molar-refractivity contribution in [2.75, 3.05) is 6.54 Å². The van der Waals surface area contributed by atoms with Crippen LogP contribution in [0.2, 0.25) is 0 Å². The Kier molecular flexibility index (Phi) is 4.60. The van der Waals surface area contributed by atoms with Crippen molar-refractivity contribution in [3.8, 4) is 6.07 Å². The van der Waals surface area contributed by atoms with Crippen LogP contribution in [0.15, 0.2) is 0 Å². The molecule has 0 bridgehead atoms. The van der Waals surface area contributed by atoms with Crippen molar-refractivity contribution >= 4 is 5.91 Å². The number of carbonyl (C=O) groups is 1. The Morgan fingerprint density at radius 3 is 2.94 bits per heavy atom. The minimum absolute atomic E-state index is 0.0461. The van der Waals surface area contributed by atoms with E-state index in [4.69, 9.17) is 5.26 Å². The molecule has 1 aliphatic heterocycles. The average molecular weight is 249 g/mol. The van der Waals surface area contributed by atoms with Crippen LogP contribution in [0.3, 0.4) is 0 Å². The maximum Gasteiger partial charge on any atom is 0.237 e. The lowest BCUT2D eigenvalue weighted by molar-refractivity contribution is -0.124. The van der Waals surface area contributed by atoms with E-state index in [-0.39, 0.29) is 17.9 Å². The number of carbonyl (C=O) groups excluding carboxylic acids is 1. The Bertz CT molecular complexity index is 336. The van der Waals surface area contributed by atoms with Crippen molar-refractivity contribution in [1.82, 2.24) is 10.6 Å². The van der Waals surface area contributed by atoms with Crippen LogP contribution in [0.5, 0.6) is 0 Å². The van der Waals surface area contributed by atoms with Gasteiger partial charge in [0, 0.05) is 12.6 Å². The molecule has 0 aromatic carbocycles. The molecule has 1 amide bonds. The number of fused-ring (bicyclic) bond motifs is 1. The summed E-state index contributed by atoms with van der Waals surface area (Å²) in [6.07, 6.45) is 7.27. The zero-order valence-corrected chi connectivity index (χ0v) is 11.1. The molecule has 1 saturated heterocycles. The van der Waals surface area contributed by atoms with Gasteiger partial charge in [0.05, 0.1) is 18.0 Å². The Hall–Kier alpha value is -1.08. The van der Waals surface area contributed by atoms with E-state index in [2.05, 4.69) is 16.7 Å². The monoisotopic (exact) mass is 249 g/mol. The lowest BCUT2D eigenvalue weighted by atomic mass is 9.77. The second kappa shape index (κ2) is 6.19. The molecule has 0 radical (unpaired) electrons. The molecule has 4 atom stereocenters. The van der Waals surface area contributed by atoms with E-state index in [9.17, 15) is 4.79 Å². The van der Waals surface area contributed by atoms with Crippen LogP contribution in [0.1, 0.15) is 45.4 Å². The van der Waals surface area contributed by atoms with Crippen molar-refractivity contribution in [3.63, 3.8) is 0 Å². The molecule has 0 aromatic heterocycles. The van der Waals surface area contributed by atoms with Crippen LogP contribution >= 0.6 is 0 Å². The van der Waals surface area contributed by atoms with Crippen molar-refractivity contribution < 1.29 is 4.79 Å². The highest BCUT2D eigenvalue weighted by Crippen LogP contribution is 2.32.